The summed E-state index contributed by atoms with van der Waals surface area (Å²) >= 11 is 0. The summed E-state index contributed by atoms with van der Waals surface area (Å²) in [6.07, 6.45) is 0. The molecule has 0 saturated heterocycles. The fourth-order valence-electron chi connectivity index (χ4n) is 3.36. The summed E-state index contributed by atoms with van der Waals surface area (Å²) < 4.78 is 7.06. The minimum Gasteiger partial charge on any atom is -0.497 e. The summed E-state index contributed by atoms with van der Waals surface area (Å²) in [5.74, 6) is 0.610. The van der Waals surface area contributed by atoms with E-state index < -0.39 is 0 Å². The Hall–Kier alpha value is -3.67. The number of aryl methyl sites for hydroxylation is 1. The number of benzene rings is 3. The molecule has 1 atom stereocenters. The third kappa shape index (κ3) is 3.82. The normalized spacial score (nSPS) is 11.9. The average molecular weight is 386 g/mol. The minimum atomic E-state index is -0.281. The van der Waals surface area contributed by atoms with Crippen molar-refractivity contribution in [1.29, 1.82) is 0 Å². The fourth-order valence-corrected chi connectivity index (χ4v) is 3.36. The predicted octanol–water partition coefficient (Wildman–Crippen LogP) is 3.98. The van der Waals surface area contributed by atoms with Gasteiger partial charge < -0.3 is 10.1 Å². The monoisotopic (exact) mass is 386 g/mol. The van der Waals surface area contributed by atoms with Gasteiger partial charge in [0.05, 0.1) is 18.7 Å². The number of carbonyl (C=O) groups excluding carboxylic acids is 1. The number of nitrogens with one attached hydrogen (secondary N) is 1. The van der Waals surface area contributed by atoms with Gasteiger partial charge in [0.15, 0.2) is 0 Å². The molecule has 0 aliphatic rings. The molecule has 1 amide bonds. The van der Waals surface area contributed by atoms with Crippen molar-refractivity contribution in [2.45, 2.75) is 19.5 Å². The lowest BCUT2D eigenvalue weighted by Crippen LogP contribution is -2.29. The van der Waals surface area contributed by atoms with Crippen molar-refractivity contribution in [3.63, 3.8) is 0 Å². The first kappa shape index (κ1) is 18.7. The van der Waals surface area contributed by atoms with Crippen LogP contribution in [-0.2, 0) is 6.54 Å². The van der Waals surface area contributed by atoms with Crippen LogP contribution in [0.3, 0.4) is 0 Å². The maximum atomic E-state index is 13.1. The summed E-state index contributed by atoms with van der Waals surface area (Å²) in [4.78, 5) is 13.1. The zero-order valence-corrected chi connectivity index (χ0v) is 16.4. The van der Waals surface area contributed by atoms with Gasteiger partial charge in [-0.15, -0.1) is 5.10 Å². The third-order valence-corrected chi connectivity index (χ3v) is 4.93. The van der Waals surface area contributed by atoms with Crippen LogP contribution in [0, 0.1) is 0 Å². The molecule has 0 unspecified atom stereocenters. The molecular formula is C23H22N4O2. The first-order valence-electron chi connectivity index (χ1n) is 9.52. The van der Waals surface area contributed by atoms with Crippen LogP contribution < -0.4 is 10.1 Å². The molecule has 1 aromatic heterocycles. The molecule has 0 radical (unpaired) electrons. The van der Waals surface area contributed by atoms with Crippen molar-refractivity contribution in [2.24, 2.45) is 0 Å². The molecule has 0 spiro atoms. The minimum absolute atomic E-state index is 0.164. The Bertz CT molecular complexity index is 1120. The Morgan fingerprint density at radius 2 is 1.76 bits per heavy atom. The smallest absolute Gasteiger partial charge is 0.252 e. The summed E-state index contributed by atoms with van der Waals surface area (Å²) in [5, 5.41) is 11.4. The third-order valence-electron chi connectivity index (χ3n) is 4.93. The summed E-state index contributed by atoms with van der Waals surface area (Å²) in [5.41, 5.74) is 4.15. The van der Waals surface area contributed by atoms with E-state index in [4.69, 9.17) is 4.74 Å². The van der Waals surface area contributed by atoms with Crippen molar-refractivity contribution in [1.82, 2.24) is 20.3 Å². The van der Waals surface area contributed by atoms with Crippen molar-refractivity contribution < 1.29 is 9.53 Å². The highest BCUT2D eigenvalue weighted by Gasteiger charge is 2.19. The molecule has 0 aliphatic carbocycles. The fraction of sp³-hybridized carbons (Fsp3) is 0.174. The number of nitrogens with zero attached hydrogens (tertiary/aromatic N) is 3. The summed E-state index contributed by atoms with van der Waals surface area (Å²) in [7, 11) is 1.64. The average Bonchev–Trinajstić information content (AvgIpc) is 3.20. The molecule has 0 fully saturated rings. The standard InChI is InChI=1S/C23H22N4O2/c1-3-27-21-14-11-18(15-20(21)25-26-27)23(28)24-22(16-7-5-4-6-8-16)17-9-12-19(29-2)13-10-17/h4-15,22H,3H2,1-2H3,(H,24,28)/t22-/m0/s1. The van der Waals surface area contributed by atoms with Crippen LogP contribution in [0.1, 0.15) is 34.5 Å². The second kappa shape index (κ2) is 8.14. The quantitative estimate of drug-likeness (QED) is 0.544. The lowest BCUT2D eigenvalue weighted by molar-refractivity contribution is 0.0943. The van der Waals surface area contributed by atoms with Crippen molar-refractivity contribution in [3.05, 3.63) is 89.5 Å². The zero-order chi connectivity index (χ0) is 20.2. The molecule has 146 valence electrons. The molecule has 0 aliphatic heterocycles. The van der Waals surface area contributed by atoms with E-state index in [1.165, 1.54) is 0 Å². The van der Waals surface area contributed by atoms with E-state index in [9.17, 15) is 4.79 Å². The number of aromatic nitrogens is 3. The van der Waals surface area contributed by atoms with Gasteiger partial charge in [0, 0.05) is 12.1 Å². The highest BCUT2D eigenvalue weighted by atomic mass is 16.5. The van der Waals surface area contributed by atoms with Crippen LogP contribution in [0.15, 0.2) is 72.8 Å². The molecular weight excluding hydrogens is 364 g/mol. The van der Waals surface area contributed by atoms with Crippen LogP contribution in [0.4, 0.5) is 0 Å². The molecule has 6 nitrogen and oxygen atoms in total. The van der Waals surface area contributed by atoms with Gasteiger partial charge in [-0.05, 0) is 48.4 Å². The topological polar surface area (TPSA) is 69.0 Å². The maximum Gasteiger partial charge on any atom is 0.252 e. The van der Waals surface area contributed by atoms with E-state index in [-0.39, 0.29) is 11.9 Å². The van der Waals surface area contributed by atoms with E-state index in [0.29, 0.717) is 11.1 Å². The Balaban J connectivity index is 1.65. The van der Waals surface area contributed by atoms with Crippen LogP contribution in [-0.4, -0.2) is 28.0 Å². The highest BCUT2D eigenvalue weighted by molar-refractivity contribution is 5.97. The first-order chi connectivity index (χ1) is 14.2. The van der Waals surface area contributed by atoms with Gasteiger partial charge >= 0.3 is 0 Å². The van der Waals surface area contributed by atoms with Crippen LogP contribution in [0.25, 0.3) is 11.0 Å². The van der Waals surface area contributed by atoms with Crippen LogP contribution in [0.5, 0.6) is 5.75 Å². The van der Waals surface area contributed by atoms with Crippen LogP contribution >= 0.6 is 0 Å². The molecule has 29 heavy (non-hydrogen) atoms. The number of ether oxygens (including phenoxy) is 1. The molecule has 4 aromatic rings. The van der Waals surface area contributed by atoms with E-state index in [1.807, 2.05) is 73.7 Å². The van der Waals surface area contributed by atoms with Crippen molar-refractivity contribution in [2.75, 3.05) is 7.11 Å². The maximum absolute atomic E-state index is 13.1. The Morgan fingerprint density at radius 3 is 2.45 bits per heavy atom. The SMILES string of the molecule is CCn1nnc2cc(C(=O)N[C@@H](c3ccccc3)c3ccc(OC)cc3)ccc21. The van der Waals surface area contributed by atoms with Gasteiger partial charge in [-0.1, -0.05) is 47.7 Å². The Kier molecular flexibility index (Phi) is 5.24. The number of hydrogen-bond acceptors (Lipinski definition) is 4. The van der Waals surface area contributed by atoms with Crippen LogP contribution in [0.2, 0.25) is 0 Å². The second-order valence-corrected chi connectivity index (χ2v) is 6.70. The van der Waals surface area contributed by atoms with Crippen molar-refractivity contribution in [3.8, 4) is 5.75 Å². The molecule has 1 N–H and O–H groups in total. The van der Waals surface area contributed by atoms with Gasteiger partial charge in [-0.2, -0.15) is 0 Å². The predicted molar refractivity (Wildman–Crippen MR) is 112 cm³/mol. The first-order valence-corrected chi connectivity index (χ1v) is 9.52. The second-order valence-electron chi connectivity index (χ2n) is 6.70. The number of rotatable bonds is 6. The van der Waals surface area contributed by atoms with Gasteiger partial charge in [0.25, 0.3) is 5.91 Å². The number of carbonyl (C=O) groups is 1. The van der Waals surface area contributed by atoms with E-state index in [0.717, 1.165) is 28.9 Å². The van der Waals surface area contributed by atoms with Crippen molar-refractivity contribution >= 4 is 16.9 Å². The lowest BCUT2D eigenvalue weighted by atomic mass is 9.98. The van der Waals surface area contributed by atoms with E-state index >= 15 is 0 Å². The largest absolute Gasteiger partial charge is 0.497 e. The lowest BCUT2D eigenvalue weighted by Gasteiger charge is -2.20. The number of methoxy groups -OCH3 is 1. The van der Waals surface area contributed by atoms with Gasteiger partial charge in [0.1, 0.15) is 11.3 Å². The van der Waals surface area contributed by atoms with E-state index in [1.54, 1.807) is 17.9 Å². The number of amides is 1. The summed E-state index contributed by atoms with van der Waals surface area (Å²) in [6, 6.07) is 22.8. The molecule has 0 saturated carbocycles. The van der Waals surface area contributed by atoms with Gasteiger partial charge in [-0.3, -0.25) is 4.79 Å². The molecule has 1 heterocycles. The number of hydrogen-bond donors (Lipinski definition) is 1. The molecule has 0 bridgehead atoms. The zero-order valence-electron chi connectivity index (χ0n) is 16.4. The molecule has 6 heteroatoms. The van der Waals surface area contributed by atoms with Gasteiger partial charge in [-0.25, -0.2) is 4.68 Å². The summed E-state index contributed by atoms with van der Waals surface area (Å²) in [6.45, 7) is 2.74. The Morgan fingerprint density at radius 1 is 1.03 bits per heavy atom. The highest BCUT2D eigenvalue weighted by Crippen LogP contribution is 2.25. The number of fused-ring (bicyclic) bond motifs is 1. The Labute approximate surface area is 169 Å². The molecule has 3 aromatic carbocycles. The van der Waals surface area contributed by atoms with E-state index in [2.05, 4.69) is 15.6 Å². The van der Waals surface area contributed by atoms with Gasteiger partial charge in [0.2, 0.25) is 0 Å². The molecule has 4 rings (SSSR count).